The molecule has 3 aromatic rings. The van der Waals surface area contributed by atoms with Gasteiger partial charge in [0.15, 0.2) is 0 Å². The van der Waals surface area contributed by atoms with E-state index in [2.05, 4.69) is 20.1 Å². The Labute approximate surface area is 256 Å². The third-order valence-electron chi connectivity index (χ3n) is 6.14. The number of anilines is 1. The normalized spacial score (nSPS) is 11.2. The van der Waals surface area contributed by atoms with Crippen molar-refractivity contribution in [1.82, 2.24) is 0 Å². The van der Waals surface area contributed by atoms with Crippen molar-refractivity contribution in [3.8, 4) is 11.5 Å². The molecule has 0 fully saturated rings. The Balaban J connectivity index is 0.000000596. The number of methoxy groups -OCH3 is 1. The van der Waals surface area contributed by atoms with E-state index in [-0.39, 0.29) is 11.9 Å². The first kappa shape index (κ1) is 36.3. The van der Waals surface area contributed by atoms with Gasteiger partial charge < -0.3 is 14.4 Å². The van der Waals surface area contributed by atoms with Gasteiger partial charge in [0.1, 0.15) is 30.2 Å². The quantitative estimate of drug-likeness (QED) is 0.121. The van der Waals surface area contributed by atoms with Gasteiger partial charge in [0.2, 0.25) is 5.91 Å². The molecule has 1 unspecified atom stereocenters. The van der Waals surface area contributed by atoms with Crippen molar-refractivity contribution in [2.24, 2.45) is 0 Å². The van der Waals surface area contributed by atoms with E-state index in [1.54, 1.807) is 20.1 Å². The van der Waals surface area contributed by atoms with E-state index in [4.69, 9.17) is 14.3 Å². The van der Waals surface area contributed by atoms with E-state index < -0.39 is 5.83 Å². The van der Waals surface area contributed by atoms with Gasteiger partial charge in [0.05, 0.1) is 13.2 Å². The van der Waals surface area contributed by atoms with Crippen LogP contribution in [0.4, 0.5) is 10.1 Å². The second kappa shape index (κ2) is 21.1. The number of nitrogens with zero attached hydrogens (tertiary/aromatic N) is 1. The van der Waals surface area contributed by atoms with Crippen LogP contribution < -0.4 is 14.4 Å². The summed E-state index contributed by atoms with van der Waals surface area (Å²) in [5.74, 6) is 1.06. The highest BCUT2D eigenvalue weighted by atomic mass is 19.1. The molecule has 3 rings (SSSR count). The molecule has 0 spiro atoms. The molecule has 0 aliphatic heterocycles. The number of hydrogen-bond acceptors (Lipinski definition) is 4. The van der Waals surface area contributed by atoms with Crippen LogP contribution in [0.3, 0.4) is 0 Å². The van der Waals surface area contributed by atoms with Gasteiger partial charge in [-0.25, -0.2) is 4.39 Å². The van der Waals surface area contributed by atoms with Gasteiger partial charge in [0, 0.05) is 24.2 Å². The molecule has 43 heavy (non-hydrogen) atoms. The largest absolute Gasteiger partial charge is 0.497 e. The number of para-hydroxylation sites is 1. The smallest absolute Gasteiger partial charge is 0.224 e. The Hall–Kier alpha value is -4.71. The summed E-state index contributed by atoms with van der Waals surface area (Å²) in [6, 6.07) is 25.6. The van der Waals surface area contributed by atoms with Crippen LogP contribution in [0.1, 0.15) is 57.7 Å². The van der Waals surface area contributed by atoms with E-state index >= 15 is 0 Å². The Morgan fingerprint density at radius 3 is 2.09 bits per heavy atom. The number of aldehydes is 1. The first-order chi connectivity index (χ1) is 20.7. The predicted molar refractivity (Wildman–Crippen MR) is 176 cm³/mol. The lowest BCUT2D eigenvalue weighted by Crippen LogP contribution is -2.33. The molecule has 0 saturated carbocycles. The Bertz CT molecular complexity index is 1330. The number of amides is 1. The first-order valence-electron chi connectivity index (χ1n) is 14.1. The summed E-state index contributed by atoms with van der Waals surface area (Å²) < 4.78 is 23.6. The number of allylic oxidation sites excluding steroid dienone is 6. The maximum Gasteiger partial charge on any atom is 0.224 e. The minimum absolute atomic E-state index is 0.00415. The molecule has 0 heterocycles. The fourth-order valence-corrected chi connectivity index (χ4v) is 3.96. The molecule has 228 valence electrons. The highest BCUT2D eigenvalue weighted by Crippen LogP contribution is 2.38. The van der Waals surface area contributed by atoms with E-state index in [9.17, 15) is 9.18 Å². The van der Waals surface area contributed by atoms with E-state index in [0.717, 1.165) is 46.7 Å². The molecule has 0 aliphatic carbocycles. The third kappa shape index (κ3) is 13.7. The number of hydrogen-bond donors (Lipinski definition) is 0. The number of carbonyl (C=O) groups excluding carboxylic acids is 2. The van der Waals surface area contributed by atoms with E-state index in [1.807, 2.05) is 104 Å². The summed E-state index contributed by atoms with van der Waals surface area (Å²) in [6.07, 6.45) is 8.52. The number of ether oxygens (including phenoxy) is 2. The van der Waals surface area contributed by atoms with Crippen molar-refractivity contribution in [1.29, 1.82) is 0 Å². The van der Waals surface area contributed by atoms with Crippen molar-refractivity contribution < 1.29 is 23.5 Å². The number of halogens is 1. The topological polar surface area (TPSA) is 55.8 Å². The molecule has 1 atom stereocenters. The lowest BCUT2D eigenvalue weighted by atomic mass is 9.98. The molecule has 3 aromatic carbocycles. The van der Waals surface area contributed by atoms with Crippen molar-refractivity contribution in [3.63, 3.8) is 0 Å². The highest BCUT2D eigenvalue weighted by molar-refractivity contribution is 5.92. The van der Waals surface area contributed by atoms with Gasteiger partial charge in [-0.2, -0.15) is 0 Å². The second-order valence-corrected chi connectivity index (χ2v) is 9.39. The van der Waals surface area contributed by atoms with Crippen LogP contribution in [-0.4, -0.2) is 19.3 Å². The minimum atomic E-state index is -0.406. The molecular formula is C37H44FNO4. The first-order valence-corrected chi connectivity index (χ1v) is 14.1. The molecule has 1 amide bonds. The molecule has 0 N–H and O–H groups in total. The van der Waals surface area contributed by atoms with Crippen molar-refractivity contribution in [2.75, 3.05) is 12.0 Å². The van der Waals surface area contributed by atoms with Crippen molar-refractivity contribution in [2.45, 2.75) is 53.2 Å². The fourth-order valence-electron chi connectivity index (χ4n) is 3.96. The summed E-state index contributed by atoms with van der Waals surface area (Å²) in [5, 5.41) is 0. The van der Waals surface area contributed by atoms with Gasteiger partial charge in [-0.05, 0) is 62.2 Å². The van der Waals surface area contributed by atoms with Crippen LogP contribution in [0.15, 0.2) is 128 Å². The van der Waals surface area contributed by atoms with Crippen LogP contribution in [0.2, 0.25) is 0 Å². The van der Waals surface area contributed by atoms with Crippen LogP contribution in [0, 0.1) is 0 Å². The Kier molecular flexibility index (Phi) is 17.8. The van der Waals surface area contributed by atoms with Crippen molar-refractivity contribution >= 4 is 17.9 Å². The van der Waals surface area contributed by atoms with Gasteiger partial charge in [-0.15, -0.1) is 0 Å². The van der Waals surface area contributed by atoms with Crippen LogP contribution in [0.5, 0.6) is 11.5 Å². The number of carbonyl (C=O) groups is 2. The molecule has 5 nitrogen and oxygen atoms in total. The van der Waals surface area contributed by atoms with Gasteiger partial charge in [-0.1, -0.05) is 92.8 Å². The summed E-state index contributed by atoms with van der Waals surface area (Å²) in [7, 11) is 1.64. The number of rotatable bonds is 12. The maximum atomic E-state index is 12.7. The third-order valence-corrected chi connectivity index (χ3v) is 6.14. The monoisotopic (exact) mass is 585 g/mol. The molecule has 6 heteroatoms. The Morgan fingerprint density at radius 2 is 1.60 bits per heavy atom. The Morgan fingerprint density at radius 1 is 1.00 bits per heavy atom. The van der Waals surface area contributed by atoms with Crippen LogP contribution >= 0.6 is 0 Å². The lowest BCUT2D eigenvalue weighted by molar-refractivity contribution is -0.117. The summed E-state index contributed by atoms with van der Waals surface area (Å²) in [5.41, 5.74) is 3.99. The van der Waals surface area contributed by atoms with Gasteiger partial charge >= 0.3 is 0 Å². The standard InChI is InChI=1S/C26H29NO3.C8H11F.C3H4O/c1-4-11-25(27(20(2)28)22-14-9-6-10-15-22)24-17-16-23(29-3)18-26(24)30-19-21-12-7-5-8-13-21;1-4-7(2)5-6-8(3)9;1-2-3-4/h5-10,12-18,25H,4,11,19H2,1-3H3;4-6H,3H2,1-2H3;2-3H,1H2/b;6-5-,7-4-;. The van der Waals surface area contributed by atoms with E-state index in [0.29, 0.717) is 12.9 Å². The zero-order valence-corrected chi connectivity index (χ0v) is 26.0. The molecule has 0 aromatic heterocycles. The predicted octanol–water partition coefficient (Wildman–Crippen LogP) is 9.53. The molecule has 0 aliphatic rings. The lowest BCUT2D eigenvalue weighted by Gasteiger charge is -2.32. The summed E-state index contributed by atoms with van der Waals surface area (Å²) in [4.78, 5) is 23.6. The average Bonchev–Trinajstić information content (AvgIpc) is 3.03. The maximum absolute atomic E-state index is 12.7. The second-order valence-electron chi connectivity index (χ2n) is 9.39. The number of benzene rings is 3. The van der Waals surface area contributed by atoms with Crippen LogP contribution in [-0.2, 0) is 16.2 Å². The van der Waals surface area contributed by atoms with Crippen molar-refractivity contribution in [3.05, 3.63) is 139 Å². The minimum Gasteiger partial charge on any atom is -0.497 e. The van der Waals surface area contributed by atoms with Gasteiger partial charge in [0.25, 0.3) is 0 Å². The fraction of sp³-hybridized carbons (Fsp3) is 0.243. The molecule has 0 saturated heterocycles. The zero-order chi connectivity index (χ0) is 32.0. The van der Waals surface area contributed by atoms with Gasteiger partial charge in [-0.3, -0.25) is 9.59 Å². The summed E-state index contributed by atoms with van der Waals surface area (Å²) >= 11 is 0. The van der Waals surface area contributed by atoms with E-state index in [1.165, 1.54) is 12.2 Å². The highest BCUT2D eigenvalue weighted by Gasteiger charge is 2.27. The zero-order valence-electron chi connectivity index (χ0n) is 26.0. The molecule has 0 bridgehead atoms. The van der Waals surface area contributed by atoms with Crippen LogP contribution in [0.25, 0.3) is 0 Å². The average molecular weight is 586 g/mol. The molecular weight excluding hydrogens is 541 g/mol. The SMILES string of the molecule is C=C(F)/C=C\C(C)=C/C.C=CC=O.CCCC(c1ccc(OC)cc1OCc1ccccc1)N(C(C)=O)c1ccccc1. The molecule has 0 radical (unpaired) electrons. The summed E-state index contributed by atoms with van der Waals surface area (Å²) in [6.45, 7) is 14.2.